The maximum Gasteiger partial charge on any atom is 0.269 e. The molecule has 2 amide bonds. The first-order chi connectivity index (χ1) is 14.7. The molecule has 0 saturated heterocycles. The zero-order valence-electron chi connectivity index (χ0n) is 15.7. The van der Waals surface area contributed by atoms with E-state index >= 15 is 0 Å². The van der Waals surface area contributed by atoms with Crippen LogP contribution in [0.1, 0.15) is 20.7 Å². The van der Waals surface area contributed by atoms with Gasteiger partial charge in [0.25, 0.3) is 17.3 Å². The predicted molar refractivity (Wildman–Crippen MR) is 109 cm³/mol. The lowest BCUT2D eigenvalue weighted by Gasteiger charge is -2.23. The quantitative estimate of drug-likeness (QED) is 0.453. The third-order valence-electron chi connectivity index (χ3n) is 4.29. The van der Waals surface area contributed by atoms with E-state index in [1.54, 1.807) is 0 Å². The Kier molecular flexibility index (Phi) is 5.59. The van der Waals surface area contributed by atoms with Crippen molar-refractivity contribution in [1.82, 2.24) is 0 Å². The minimum atomic E-state index is -0.859. The second-order valence-electron chi connectivity index (χ2n) is 6.32. The SMILES string of the molecule is NC(=O)c1cc(O)cc(C(=O)N(c2ccc([N+](=O)[O-])cc2)c2ccc([N+](=O)[O-])cc2)c1. The fourth-order valence-electron chi connectivity index (χ4n) is 2.84. The number of benzene rings is 3. The van der Waals surface area contributed by atoms with Crippen LogP contribution in [-0.4, -0.2) is 26.8 Å². The van der Waals surface area contributed by atoms with E-state index in [-0.39, 0.29) is 39.6 Å². The number of hydrogen-bond acceptors (Lipinski definition) is 7. The molecular weight excluding hydrogens is 408 g/mol. The van der Waals surface area contributed by atoms with Gasteiger partial charge in [-0.3, -0.25) is 34.7 Å². The van der Waals surface area contributed by atoms with Gasteiger partial charge in [0.05, 0.1) is 9.85 Å². The summed E-state index contributed by atoms with van der Waals surface area (Å²) in [7, 11) is 0. The lowest BCUT2D eigenvalue weighted by Crippen LogP contribution is -2.26. The molecule has 0 aliphatic heterocycles. The van der Waals surface area contributed by atoms with Crippen LogP contribution in [0.5, 0.6) is 5.75 Å². The Hall–Kier alpha value is -4.80. The molecule has 3 aromatic rings. The van der Waals surface area contributed by atoms with E-state index < -0.39 is 21.7 Å². The summed E-state index contributed by atoms with van der Waals surface area (Å²) in [5.74, 6) is -1.93. The van der Waals surface area contributed by atoms with Crippen LogP contribution >= 0.6 is 0 Å². The number of nitro groups is 2. The van der Waals surface area contributed by atoms with E-state index in [0.717, 1.165) is 17.0 Å². The number of nitrogens with zero attached hydrogens (tertiary/aromatic N) is 3. The van der Waals surface area contributed by atoms with Crippen LogP contribution in [0.4, 0.5) is 22.7 Å². The van der Waals surface area contributed by atoms with Crippen LogP contribution in [0.15, 0.2) is 66.7 Å². The Balaban J connectivity index is 2.13. The number of anilines is 2. The number of nitrogens with two attached hydrogens (primary N) is 1. The van der Waals surface area contributed by atoms with E-state index in [9.17, 15) is 34.9 Å². The van der Waals surface area contributed by atoms with Crippen LogP contribution in [0.3, 0.4) is 0 Å². The number of carbonyl (C=O) groups is 2. The van der Waals surface area contributed by atoms with Gasteiger partial charge in [0.2, 0.25) is 5.91 Å². The number of non-ortho nitro benzene ring substituents is 2. The second kappa shape index (κ2) is 8.29. The molecule has 0 aliphatic carbocycles. The molecule has 0 atom stereocenters. The molecule has 0 spiro atoms. The third-order valence-corrected chi connectivity index (χ3v) is 4.29. The smallest absolute Gasteiger partial charge is 0.269 e. The van der Waals surface area contributed by atoms with Crippen molar-refractivity contribution >= 4 is 34.6 Å². The van der Waals surface area contributed by atoms with Gasteiger partial charge in [-0.1, -0.05) is 0 Å². The molecule has 0 unspecified atom stereocenters. The van der Waals surface area contributed by atoms with Crippen molar-refractivity contribution in [2.75, 3.05) is 4.90 Å². The van der Waals surface area contributed by atoms with Gasteiger partial charge in [-0.15, -0.1) is 0 Å². The van der Waals surface area contributed by atoms with E-state index in [1.165, 1.54) is 54.6 Å². The molecule has 3 aromatic carbocycles. The molecule has 0 radical (unpaired) electrons. The van der Waals surface area contributed by atoms with E-state index in [2.05, 4.69) is 0 Å². The van der Waals surface area contributed by atoms with Gasteiger partial charge in [-0.05, 0) is 42.5 Å². The topological polar surface area (TPSA) is 170 Å². The molecule has 3 rings (SSSR count). The fourth-order valence-corrected chi connectivity index (χ4v) is 2.84. The standard InChI is InChI=1S/C20H14N4O7/c21-19(26)12-9-13(11-18(25)10-12)20(27)22(14-1-5-16(6-2-14)23(28)29)15-3-7-17(8-4-15)24(30)31/h1-11,25H,(H2,21,26). The zero-order chi connectivity index (χ0) is 22.7. The third kappa shape index (κ3) is 4.45. The van der Waals surface area contributed by atoms with Crippen molar-refractivity contribution in [2.24, 2.45) is 5.73 Å². The maximum atomic E-state index is 13.3. The summed E-state index contributed by atoms with van der Waals surface area (Å²) in [6, 6.07) is 13.5. The minimum absolute atomic E-state index is 0.0921. The van der Waals surface area contributed by atoms with Crippen LogP contribution in [0, 0.1) is 20.2 Å². The second-order valence-corrected chi connectivity index (χ2v) is 6.32. The van der Waals surface area contributed by atoms with Crippen molar-refractivity contribution in [1.29, 1.82) is 0 Å². The van der Waals surface area contributed by atoms with Gasteiger partial charge in [0.1, 0.15) is 5.75 Å². The fraction of sp³-hybridized carbons (Fsp3) is 0. The summed E-state index contributed by atoms with van der Waals surface area (Å²) in [4.78, 5) is 46.6. The lowest BCUT2D eigenvalue weighted by atomic mass is 10.1. The molecule has 11 nitrogen and oxygen atoms in total. The minimum Gasteiger partial charge on any atom is -0.508 e. The maximum absolute atomic E-state index is 13.3. The molecule has 0 heterocycles. The number of phenols is 1. The van der Waals surface area contributed by atoms with Crippen molar-refractivity contribution < 1.29 is 24.5 Å². The number of amides is 2. The first-order valence-electron chi connectivity index (χ1n) is 8.64. The molecule has 11 heteroatoms. The highest BCUT2D eigenvalue weighted by Gasteiger charge is 2.23. The average molecular weight is 422 g/mol. The summed E-state index contributed by atoms with van der Waals surface area (Å²) < 4.78 is 0. The Labute approximate surface area is 174 Å². The molecule has 0 saturated carbocycles. The molecular formula is C20H14N4O7. The van der Waals surface area contributed by atoms with Gasteiger partial charge in [-0.2, -0.15) is 0 Å². The monoisotopic (exact) mass is 422 g/mol. The number of primary amides is 1. The molecule has 0 fully saturated rings. The van der Waals surface area contributed by atoms with Gasteiger partial charge < -0.3 is 10.8 Å². The largest absolute Gasteiger partial charge is 0.508 e. The van der Waals surface area contributed by atoms with Crippen LogP contribution in [0.25, 0.3) is 0 Å². The van der Waals surface area contributed by atoms with Gasteiger partial charge >= 0.3 is 0 Å². The van der Waals surface area contributed by atoms with Crippen molar-refractivity contribution in [2.45, 2.75) is 0 Å². The molecule has 31 heavy (non-hydrogen) atoms. The highest BCUT2D eigenvalue weighted by atomic mass is 16.6. The summed E-state index contributed by atoms with van der Waals surface area (Å²) in [5.41, 5.74) is 5.07. The molecule has 3 N–H and O–H groups in total. The van der Waals surface area contributed by atoms with Gasteiger partial charge in [0.15, 0.2) is 0 Å². The van der Waals surface area contributed by atoms with Crippen LogP contribution in [-0.2, 0) is 0 Å². The predicted octanol–water partition coefficient (Wildman–Crippen LogP) is 3.29. The molecule has 0 bridgehead atoms. The Morgan fingerprint density at radius 3 is 1.58 bits per heavy atom. The van der Waals surface area contributed by atoms with Gasteiger partial charge in [0, 0.05) is 46.8 Å². The van der Waals surface area contributed by atoms with E-state index in [0.29, 0.717) is 0 Å². The lowest BCUT2D eigenvalue weighted by molar-refractivity contribution is -0.385. The van der Waals surface area contributed by atoms with E-state index in [1.807, 2.05) is 0 Å². The van der Waals surface area contributed by atoms with Crippen molar-refractivity contribution in [3.05, 3.63) is 98.1 Å². The first-order valence-corrected chi connectivity index (χ1v) is 8.64. The van der Waals surface area contributed by atoms with Crippen LogP contribution in [0.2, 0.25) is 0 Å². The Morgan fingerprint density at radius 2 is 1.19 bits per heavy atom. The Bertz CT molecular complexity index is 1130. The van der Waals surface area contributed by atoms with Crippen molar-refractivity contribution in [3.8, 4) is 5.75 Å². The zero-order valence-corrected chi connectivity index (χ0v) is 15.7. The summed E-state index contributed by atoms with van der Waals surface area (Å²) in [6.07, 6.45) is 0. The number of rotatable bonds is 6. The number of hydrogen-bond donors (Lipinski definition) is 2. The number of aromatic hydroxyl groups is 1. The number of phenolic OH excluding ortho intramolecular Hbond substituents is 1. The summed E-state index contributed by atoms with van der Waals surface area (Å²) in [5, 5.41) is 31.8. The molecule has 0 aromatic heterocycles. The van der Waals surface area contributed by atoms with E-state index in [4.69, 9.17) is 5.73 Å². The molecule has 156 valence electrons. The summed E-state index contributed by atoms with van der Waals surface area (Å²) in [6.45, 7) is 0. The Morgan fingerprint density at radius 1 is 0.774 bits per heavy atom. The number of nitro benzene ring substituents is 2. The summed E-state index contributed by atoms with van der Waals surface area (Å²) >= 11 is 0. The van der Waals surface area contributed by atoms with Gasteiger partial charge in [-0.25, -0.2) is 0 Å². The normalized spacial score (nSPS) is 10.3. The highest BCUT2D eigenvalue weighted by Crippen LogP contribution is 2.31. The molecule has 0 aliphatic rings. The number of carbonyl (C=O) groups excluding carboxylic acids is 2. The van der Waals surface area contributed by atoms with Crippen LogP contribution < -0.4 is 10.6 Å². The first kappa shape index (κ1) is 20.9. The highest BCUT2D eigenvalue weighted by molar-refractivity contribution is 6.12. The average Bonchev–Trinajstić information content (AvgIpc) is 2.74. The van der Waals surface area contributed by atoms with Crippen molar-refractivity contribution in [3.63, 3.8) is 0 Å².